The number of anilines is 1. The van der Waals surface area contributed by atoms with Gasteiger partial charge in [0.05, 0.1) is 11.3 Å². The van der Waals surface area contributed by atoms with Crippen LogP contribution in [0.5, 0.6) is 0 Å². The molecule has 2 heterocycles. The second-order valence-corrected chi connectivity index (χ2v) is 5.00. The largest absolute Gasteiger partial charge is 0.478 e. The molecule has 1 aliphatic rings. The van der Waals surface area contributed by atoms with Gasteiger partial charge in [-0.15, -0.1) is 0 Å². The maximum absolute atomic E-state index is 10.9. The van der Waals surface area contributed by atoms with Crippen molar-refractivity contribution in [2.24, 2.45) is 5.92 Å². The molecule has 0 radical (unpaired) electrons. The third kappa shape index (κ3) is 2.63. The van der Waals surface area contributed by atoms with Gasteiger partial charge in [0.25, 0.3) is 0 Å². The molecule has 1 aromatic heterocycles. The number of aryl methyl sites for hydroxylation is 1. The lowest BCUT2D eigenvalue weighted by Crippen LogP contribution is -2.21. The summed E-state index contributed by atoms with van der Waals surface area (Å²) in [5.74, 6) is 0.768. The van der Waals surface area contributed by atoms with E-state index in [0.29, 0.717) is 11.3 Å². The Labute approximate surface area is 108 Å². The number of carboxylic acids is 1. The van der Waals surface area contributed by atoms with Gasteiger partial charge in [-0.2, -0.15) is 0 Å². The maximum atomic E-state index is 10.9. The van der Waals surface area contributed by atoms with Crippen LogP contribution in [0.25, 0.3) is 0 Å². The summed E-state index contributed by atoms with van der Waals surface area (Å²) >= 11 is 0. The molecule has 1 saturated heterocycles. The van der Waals surface area contributed by atoms with Crippen LogP contribution < -0.4 is 4.90 Å². The van der Waals surface area contributed by atoms with Crippen LogP contribution in [-0.2, 0) is 0 Å². The van der Waals surface area contributed by atoms with Crippen LogP contribution in [0.1, 0.15) is 42.2 Å². The molecule has 0 spiro atoms. The lowest BCUT2D eigenvalue weighted by atomic mass is 10.0. The van der Waals surface area contributed by atoms with Crippen molar-refractivity contribution < 1.29 is 9.90 Å². The summed E-state index contributed by atoms with van der Waals surface area (Å²) in [5.41, 5.74) is 0.891. The molecular weight excluding hydrogens is 228 g/mol. The first-order valence-electron chi connectivity index (χ1n) is 6.57. The molecule has 0 saturated carbocycles. The summed E-state index contributed by atoms with van der Waals surface area (Å²) in [5, 5.41) is 8.98. The van der Waals surface area contributed by atoms with Crippen molar-refractivity contribution in [2.45, 2.75) is 33.1 Å². The van der Waals surface area contributed by atoms with Crippen LogP contribution in [-0.4, -0.2) is 29.1 Å². The van der Waals surface area contributed by atoms with Gasteiger partial charge in [0.15, 0.2) is 0 Å². The minimum Gasteiger partial charge on any atom is -0.478 e. The van der Waals surface area contributed by atoms with Gasteiger partial charge in [0.1, 0.15) is 5.82 Å². The SMILES string of the molecule is CCCC1CCN(c2ccc(C(=O)O)c(C)n2)C1. The molecule has 0 bridgehead atoms. The average Bonchev–Trinajstić information content (AvgIpc) is 2.77. The standard InChI is InChI=1S/C14H20N2O2/c1-3-4-11-7-8-16(9-11)13-6-5-12(14(17)18)10(2)15-13/h5-6,11H,3-4,7-9H2,1-2H3,(H,17,18). The minimum absolute atomic E-state index is 0.294. The molecule has 1 fully saturated rings. The Morgan fingerprint density at radius 1 is 1.56 bits per heavy atom. The first-order valence-corrected chi connectivity index (χ1v) is 6.57. The zero-order valence-electron chi connectivity index (χ0n) is 11.0. The average molecular weight is 248 g/mol. The number of nitrogens with zero attached hydrogens (tertiary/aromatic N) is 2. The van der Waals surface area contributed by atoms with Gasteiger partial charge in [-0.1, -0.05) is 13.3 Å². The molecule has 0 amide bonds. The Hall–Kier alpha value is -1.58. The van der Waals surface area contributed by atoms with Crippen LogP contribution in [0, 0.1) is 12.8 Å². The highest BCUT2D eigenvalue weighted by Gasteiger charge is 2.23. The van der Waals surface area contributed by atoms with Crippen molar-refractivity contribution >= 4 is 11.8 Å². The predicted octanol–water partition coefficient (Wildman–Crippen LogP) is 2.71. The van der Waals surface area contributed by atoms with E-state index in [0.717, 1.165) is 24.8 Å². The van der Waals surface area contributed by atoms with E-state index in [4.69, 9.17) is 5.11 Å². The first kappa shape index (κ1) is 12.9. The highest BCUT2D eigenvalue weighted by atomic mass is 16.4. The summed E-state index contributed by atoms with van der Waals surface area (Å²) in [6, 6.07) is 3.48. The van der Waals surface area contributed by atoms with E-state index in [1.54, 1.807) is 13.0 Å². The van der Waals surface area contributed by atoms with E-state index in [2.05, 4.69) is 16.8 Å². The van der Waals surface area contributed by atoms with Crippen LogP contribution in [0.4, 0.5) is 5.82 Å². The number of aromatic nitrogens is 1. The normalized spacial score (nSPS) is 19.2. The van der Waals surface area contributed by atoms with Crippen molar-refractivity contribution in [3.63, 3.8) is 0 Å². The van der Waals surface area contributed by atoms with E-state index in [1.807, 2.05) is 6.07 Å². The Bertz CT molecular complexity index is 445. The monoisotopic (exact) mass is 248 g/mol. The van der Waals surface area contributed by atoms with Gasteiger partial charge in [-0.3, -0.25) is 0 Å². The van der Waals surface area contributed by atoms with Crippen molar-refractivity contribution in [3.8, 4) is 0 Å². The van der Waals surface area contributed by atoms with E-state index in [-0.39, 0.29) is 0 Å². The summed E-state index contributed by atoms with van der Waals surface area (Å²) < 4.78 is 0. The highest BCUT2D eigenvalue weighted by molar-refractivity contribution is 5.89. The van der Waals surface area contributed by atoms with Crippen LogP contribution >= 0.6 is 0 Å². The Kier molecular flexibility index (Phi) is 3.84. The topological polar surface area (TPSA) is 53.4 Å². The lowest BCUT2D eigenvalue weighted by molar-refractivity contribution is 0.0695. The molecule has 0 aromatic carbocycles. The summed E-state index contributed by atoms with van der Waals surface area (Å²) in [7, 11) is 0. The predicted molar refractivity (Wildman–Crippen MR) is 71.2 cm³/mol. The quantitative estimate of drug-likeness (QED) is 0.890. The number of carboxylic acid groups (broad SMARTS) is 1. The van der Waals surface area contributed by atoms with Crippen LogP contribution in [0.2, 0.25) is 0 Å². The van der Waals surface area contributed by atoms with Gasteiger partial charge < -0.3 is 10.0 Å². The fourth-order valence-corrected chi connectivity index (χ4v) is 2.63. The molecule has 1 aromatic rings. The summed E-state index contributed by atoms with van der Waals surface area (Å²) in [4.78, 5) is 17.6. The van der Waals surface area contributed by atoms with Gasteiger partial charge in [-0.05, 0) is 37.8 Å². The Morgan fingerprint density at radius 3 is 2.94 bits per heavy atom. The van der Waals surface area contributed by atoms with E-state index < -0.39 is 5.97 Å². The van der Waals surface area contributed by atoms with E-state index in [1.165, 1.54) is 19.3 Å². The molecular formula is C14H20N2O2. The molecule has 4 nitrogen and oxygen atoms in total. The minimum atomic E-state index is -0.906. The fraction of sp³-hybridized carbons (Fsp3) is 0.571. The summed E-state index contributed by atoms with van der Waals surface area (Å²) in [6.45, 7) is 6.05. The van der Waals surface area contributed by atoms with Gasteiger partial charge in [-0.25, -0.2) is 9.78 Å². The van der Waals surface area contributed by atoms with Crippen molar-refractivity contribution in [1.29, 1.82) is 0 Å². The van der Waals surface area contributed by atoms with Crippen molar-refractivity contribution in [2.75, 3.05) is 18.0 Å². The van der Waals surface area contributed by atoms with Gasteiger partial charge in [0.2, 0.25) is 0 Å². The second kappa shape index (κ2) is 5.38. The molecule has 1 atom stereocenters. The van der Waals surface area contributed by atoms with Crippen molar-refractivity contribution in [1.82, 2.24) is 4.98 Å². The van der Waals surface area contributed by atoms with E-state index in [9.17, 15) is 4.79 Å². The molecule has 4 heteroatoms. The molecule has 1 aliphatic heterocycles. The summed E-state index contributed by atoms with van der Waals surface area (Å²) in [6.07, 6.45) is 3.71. The maximum Gasteiger partial charge on any atom is 0.337 e. The van der Waals surface area contributed by atoms with E-state index >= 15 is 0 Å². The number of pyridine rings is 1. The number of rotatable bonds is 4. The molecule has 1 unspecified atom stereocenters. The first-order chi connectivity index (χ1) is 8.61. The van der Waals surface area contributed by atoms with Gasteiger partial charge >= 0.3 is 5.97 Å². The van der Waals surface area contributed by atoms with Crippen LogP contribution in [0.3, 0.4) is 0 Å². The lowest BCUT2D eigenvalue weighted by Gasteiger charge is -2.18. The second-order valence-electron chi connectivity index (χ2n) is 5.00. The number of hydrogen-bond donors (Lipinski definition) is 1. The Morgan fingerprint density at radius 2 is 2.33 bits per heavy atom. The Balaban J connectivity index is 2.11. The molecule has 98 valence electrons. The fourth-order valence-electron chi connectivity index (χ4n) is 2.63. The smallest absolute Gasteiger partial charge is 0.337 e. The van der Waals surface area contributed by atoms with Crippen molar-refractivity contribution in [3.05, 3.63) is 23.4 Å². The van der Waals surface area contributed by atoms with Gasteiger partial charge in [0, 0.05) is 13.1 Å². The highest BCUT2D eigenvalue weighted by Crippen LogP contribution is 2.25. The third-order valence-electron chi connectivity index (χ3n) is 3.61. The molecule has 2 rings (SSSR count). The molecule has 18 heavy (non-hydrogen) atoms. The number of carbonyl (C=O) groups is 1. The van der Waals surface area contributed by atoms with Crippen LogP contribution in [0.15, 0.2) is 12.1 Å². The molecule has 0 aliphatic carbocycles. The zero-order valence-corrected chi connectivity index (χ0v) is 11.0. The molecule has 1 N–H and O–H groups in total. The number of hydrogen-bond acceptors (Lipinski definition) is 3. The number of aromatic carboxylic acids is 1. The zero-order chi connectivity index (χ0) is 13.1. The third-order valence-corrected chi connectivity index (χ3v) is 3.61.